The van der Waals surface area contributed by atoms with Crippen LogP contribution in [0.25, 0.3) is 6.08 Å². The molecule has 5 nitrogen and oxygen atoms in total. The van der Waals surface area contributed by atoms with E-state index in [0.29, 0.717) is 5.69 Å². The Morgan fingerprint density at radius 2 is 1.90 bits per heavy atom. The third-order valence-electron chi connectivity index (χ3n) is 2.51. The maximum absolute atomic E-state index is 11.7. The zero-order valence-electron chi connectivity index (χ0n) is 10.5. The van der Waals surface area contributed by atoms with Gasteiger partial charge in [0.2, 0.25) is 5.91 Å². The molecule has 0 radical (unpaired) electrons. The van der Waals surface area contributed by atoms with E-state index in [1.54, 1.807) is 36.7 Å². The van der Waals surface area contributed by atoms with Crippen LogP contribution in [0.5, 0.6) is 0 Å². The maximum Gasteiger partial charge on any atom is 0.335 e. The number of hydrogen-bond acceptors (Lipinski definition) is 3. The second-order valence-electron chi connectivity index (χ2n) is 3.99. The largest absolute Gasteiger partial charge is 0.478 e. The minimum Gasteiger partial charge on any atom is -0.478 e. The predicted octanol–water partition coefficient (Wildman–Crippen LogP) is 2.43. The number of carbonyl (C=O) groups excluding carboxylic acids is 1. The van der Waals surface area contributed by atoms with Gasteiger partial charge >= 0.3 is 5.97 Å². The summed E-state index contributed by atoms with van der Waals surface area (Å²) in [6.07, 6.45) is 6.34. The lowest BCUT2D eigenvalue weighted by Gasteiger charge is -2.02. The first-order valence-electron chi connectivity index (χ1n) is 5.87. The number of nitrogens with one attached hydrogen (secondary N) is 1. The quantitative estimate of drug-likeness (QED) is 0.835. The number of amides is 1. The average molecular weight is 268 g/mol. The molecule has 5 heteroatoms. The van der Waals surface area contributed by atoms with Crippen LogP contribution in [0.1, 0.15) is 15.9 Å². The smallest absolute Gasteiger partial charge is 0.335 e. The molecule has 0 fully saturated rings. The van der Waals surface area contributed by atoms with E-state index in [1.807, 2.05) is 6.07 Å². The topological polar surface area (TPSA) is 79.3 Å². The molecule has 0 aliphatic heterocycles. The minimum atomic E-state index is -1.00. The van der Waals surface area contributed by atoms with Crippen molar-refractivity contribution in [3.8, 4) is 0 Å². The zero-order chi connectivity index (χ0) is 14.4. The van der Waals surface area contributed by atoms with E-state index in [4.69, 9.17) is 5.11 Å². The Morgan fingerprint density at radius 1 is 1.15 bits per heavy atom. The molecule has 0 saturated carbocycles. The number of anilines is 1. The molecule has 2 aromatic rings. The molecule has 1 heterocycles. The number of aromatic carboxylic acids is 1. The summed E-state index contributed by atoms with van der Waals surface area (Å²) in [4.78, 5) is 26.3. The van der Waals surface area contributed by atoms with Crippen molar-refractivity contribution >= 4 is 23.6 Å². The fraction of sp³-hybridized carbons (Fsp3) is 0. The van der Waals surface area contributed by atoms with E-state index < -0.39 is 5.97 Å². The van der Waals surface area contributed by atoms with Gasteiger partial charge in [-0.15, -0.1) is 0 Å². The second kappa shape index (κ2) is 6.29. The van der Waals surface area contributed by atoms with Crippen LogP contribution in [0.3, 0.4) is 0 Å². The number of carbonyl (C=O) groups is 2. The fourth-order valence-corrected chi connectivity index (χ4v) is 1.53. The summed E-state index contributed by atoms with van der Waals surface area (Å²) in [5.41, 5.74) is 1.54. The number of rotatable bonds is 4. The average Bonchev–Trinajstić information content (AvgIpc) is 2.47. The first-order chi connectivity index (χ1) is 9.65. The predicted molar refractivity (Wildman–Crippen MR) is 75.3 cm³/mol. The van der Waals surface area contributed by atoms with Gasteiger partial charge in [0.15, 0.2) is 0 Å². The molecule has 0 bridgehead atoms. The number of hydrogen-bond donors (Lipinski definition) is 2. The van der Waals surface area contributed by atoms with Crippen molar-refractivity contribution in [1.82, 2.24) is 4.98 Å². The number of nitrogens with zero attached hydrogens (tertiary/aromatic N) is 1. The molecule has 0 atom stereocenters. The third kappa shape index (κ3) is 3.78. The van der Waals surface area contributed by atoms with Crippen molar-refractivity contribution in [2.45, 2.75) is 0 Å². The summed E-state index contributed by atoms with van der Waals surface area (Å²) < 4.78 is 0. The van der Waals surface area contributed by atoms with Gasteiger partial charge in [0.25, 0.3) is 0 Å². The summed E-state index contributed by atoms with van der Waals surface area (Å²) >= 11 is 0. The van der Waals surface area contributed by atoms with Crippen molar-refractivity contribution in [1.29, 1.82) is 0 Å². The van der Waals surface area contributed by atoms with Crippen LogP contribution in [-0.2, 0) is 4.79 Å². The Labute approximate surface area is 115 Å². The SMILES string of the molecule is O=C(/C=C/c1cccnc1)Nc1ccc(C(=O)O)cc1. The van der Waals surface area contributed by atoms with Gasteiger partial charge in [-0.25, -0.2) is 4.79 Å². The first kappa shape index (κ1) is 13.5. The van der Waals surface area contributed by atoms with Gasteiger partial charge in [-0.2, -0.15) is 0 Å². The molecule has 1 aromatic carbocycles. The van der Waals surface area contributed by atoms with Gasteiger partial charge in [0, 0.05) is 24.2 Å². The monoisotopic (exact) mass is 268 g/mol. The molecule has 0 aliphatic rings. The summed E-state index contributed by atoms with van der Waals surface area (Å²) in [7, 11) is 0. The molecule has 20 heavy (non-hydrogen) atoms. The van der Waals surface area contributed by atoms with Gasteiger partial charge < -0.3 is 10.4 Å². The maximum atomic E-state index is 11.7. The number of carboxylic acid groups (broad SMARTS) is 1. The Bertz CT molecular complexity index is 634. The minimum absolute atomic E-state index is 0.175. The van der Waals surface area contributed by atoms with E-state index in [2.05, 4.69) is 10.3 Å². The van der Waals surface area contributed by atoms with Crippen molar-refractivity contribution < 1.29 is 14.7 Å². The van der Waals surface area contributed by atoms with Crippen molar-refractivity contribution in [2.24, 2.45) is 0 Å². The highest BCUT2D eigenvalue weighted by Gasteiger charge is 2.02. The molecule has 0 unspecified atom stereocenters. The molecular formula is C15H12N2O3. The Hall–Kier alpha value is -2.95. The zero-order valence-corrected chi connectivity index (χ0v) is 10.5. The van der Waals surface area contributed by atoms with Crippen molar-refractivity contribution in [2.75, 3.05) is 5.32 Å². The highest BCUT2D eigenvalue weighted by molar-refractivity contribution is 6.02. The molecule has 1 aromatic heterocycles. The van der Waals surface area contributed by atoms with Crippen LogP contribution in [0.4, 0.5) is 5.69 Å². The van der Waals surface area contributed by atoms with Crippen molar-refractivity contribution in [3.05, 3.63) is 66.0 Å². The molecule has 0 spiro atoms. The lowest BCUT2D eigenvalue weighted by Crippen LogP contribution is -2.08. The highest BCUT2D eigenvalue weighted by atomic mass is 16.4. The summed E-state index contributed by atoms with van der Waals surface area (Å²) in [6.45, 7) is 0. The number of aromatic nitrogens is 1. The van der Waals surface area contributed by atoms with E-state index in [1.165, 1.54) is 18.2 Å². The number of benzene rings is 1. The Kier molecular flexibility index (Phi) is 4.24. The van der Waals surface area contributed by atoms with Crippen LogP contribution in [0, 0.1) is 0 Å². The molecule has 0 saturated heterocycles. The Balaban J connectivity index is 1.98. The van der Waals surface area contributed by atoms with E-state index in [-0.39, 0.29) is 11.5 Å². The van der Waals surface area contributed by atoms with Gasteiger partial charge in [-0.3, -0.25) is 9.78 Å². The highest BCUT2D eigenvalue weighted by Crippen LogP contribution is 2.09. The second-order valence-corrected chi connectivity index (χ2v) is 3.99. The van der Waals surface area contributed by atoms with E-state index >= 15 is 0 Å². The van der Waals surface area contributed by atoms with Crippen LogP contribution >= 0.6 is 0 Å². The molecule has 100 valence electrons. The van der Waals surface area contributed by atoms with Crippen LogP contribution in [-0.4, -0.2) is 22.0 Å². The van der Waals surface area contributed by atoms with Gasteiger partial charge in [0.1, 0.15) is 0 Å². The molecule has 1 amide bonds. The fourth-order valence-electron chi connectivity index (χ4n) is 1.53. The normalized spacial score (nSPS) is 10.4. The van der Waals surface area contributed by atoms with Crippen LogP contribution < -0.4 is 5.32 Å². The van der Waals surface area contributed by atoms with E-state index in [0.717, 1.165) is 5.56 Å². The standard InChI is InChI=1S/C15H12N2O3/c18-14(8-3-11-2-1-9-16-10-11)17-13-6-4-12(5-7-13)15(19)20/h1-10H,(H,17,18)(H,19,20)/b8-3+. The lowest BCUT2D eigenvalue weighted by atomic mass is 10.2. The molecule has 2 rings (SSSR count). The molecule has 2 N–H and O–H groups in total. The summed E-state index contributed by atoms with van der Waals surface area (Å²) in [5.74, 6) is -1.30. The Morgan fingerprint density at radius 3 is 2.50 bits per heavy atom. The summed E-state index contributed by atoms with van der Waals surface area (Å²) in [5, 5.41) is 11.4. The number of carboxylic acids is 1. The molecular weight excluding hydrogens is 256 g/mol. The third-order valence-corrected chi connectivity index (χ3v) is 2.51. The lowest BCUT2D eigenvalue weighted by molar-refractivity contribution is -0.111. The van der Waals surface area contributed by atoms with Gasteiger partial charge in [0.05, 0.1) is 5.56 Å². The van der Waals surface area contributed by atoms with Gasteiger partial charge in [-0.05, 0) is 42.0 Å². The number of pyridine rings is 1. The molecule has 0 aliphatic carbocycles. The van der Waals surface area contributed by atoms with Crippen LogP contribution in [0.2, 0.25) is 0 Å². The van der Waals surface area contributed by atoms with Crippen LogP contribution in [0.15, 0.2) is 54.9 Å². The first-order valence-corrected chi connectivity index (χ1v) is 5.87. The summed E-state index contributed by atoms with van der Waals surface area (Å²) in [6, 6.07) is 9.56. The van der Waals surface area contributed by atoms with E-state index in [9.17, 15) is 9.59 Å². The van der Waals surface area contributed by atoms with Gasteiger partial charge in [-0.1, -0.05) is 6.07 Å². The van der Waals surface area contributed by atoms with Crippen molar-refractivity contribution in [3.63, 3.8) is 0 Å².